The summed E-state index contributed by atoms with van der Waals surface area (Å²) in [5, 5.41) is 3.69. The maximum atomic E-state index is 12.7. The van der Waals surface area contributed by atoms with Crippen LogP contribution in [0.2, 0.25) is 0 Å². The Hall–Kier alpha value is -1.67. The molecule has 0 aromatic carbocycles. The van der Waals surface area contributed by atoms with Crippen LogP contribution in [0.25, 0.3) is 0 Å². The molecule has 26 heavy (non-hydrogen) atoms. The van der Waals surface area contributed by atoms with Crippen molar-refractivity contribution in [2.45, 2.75) is 64.0 Å². The summed E-state index contributed by atoms with van der Waals surface area (Å²) in [6, 6.07) is -0.520. The highest BCUT2D eigenvalue weighted by molar-refractivity contribution is 6.08. The van der Waals surface area contributed by atoms with Crippen molar-refractivity contribution in [3.05, 3.63) is 0 Å². The van der Waals surface area contributed by atoms with Gasteiger partial charge in [0.05, 0.1) is 12.6 Å². The number of nitrogens with one attached hydrogen (secondary N) is 2. The number of hydrogen-bond acceptors (Lipinski definition) is 5. The quantitative estimate of drug-likeness (QED) is 0.709. The molecule has 1 spiro atoms. The Kier molecular flexibility index (Phi) is 5.82. The predicted molar refractivity (Wildman–Crippen MR) is 95.0 cm³/mol. The first-order valence-electron chi connectivity index (χ1n) is 9.73. The van der Waals surface area contributed by atoms with Crippen LogP contribution in [0.4, 0.5) is 4.79 Å². The monoisotopic (exact) mass is 366 g/mol. The number of carbonyl (C=O) groups excluding carboxylic acids is 3. The fraction of sp³-hybridized carbons (Fsp3) is 0.833. The standard InChI is InChI=1S/C18H30N4O4/c1-3-26-14-6-10-21(11-7-14)12-15(23)20-22-16(24)18(19-17(22)25)8-4-13(2)5-9-18/h13-14H,3-12H2,1-2H3,(H,19,25)(H,20,23). The van der Waals surface area contributed by atoms with Crippen LogP contribution in [0, 0.1) is 5.92 Å². The van der Waals surface area contributed by atoms with Crippen molar-refractivity contribution in [2.24, 2.45) is 5.92 Å². The van der Waals surface area contributed by atoms with Crippen molar-refractivity contribution in [2.75, 3.05) is 26.2 Å². The third-order valence-corrected chi connectivity index (χ3v) is 5.83. The number of amides is 4. The van der Waals surface area contributed by atoms with Gasteiger partial charge >= 0.3 is 6.03 Å². The lowest BCUT2D eigenvalue weighted by Crippen LogP contribution is -2.53. The third-order valence-electron chi connectivity index (χ3n) is 5.83. The third kappa shape index (κ3) is 4.01. The summed E-state index contributed by atoms with van der Waals surface area (Å²) in [4.78, 5) is 39.3. The Morgan fingerprint density at radius 3 is 2.50 bits per heavy atom. The fourth-order valence-electron chi connectivity index (χ4n) is 4.15. The Morgan fingerprint density at radius 1 is 1.23 bits per heavy atom. The maximum absolute atomic E-state index is 12.7. The molecule has 2 aliphatic heterocycles. The van der Waals surface area contributed by atoms with Gasteiger partial charge in [0.25, 0.3) is 11.8 Å². The van der Waals surface area contributed by atoms with E-state index in [9.17, 15) is 14.4 Å². The molecule has 0 unspecified atom stereocenters. The van der Waals surface area contributed by atoms with Gasteiger partial charge in [0.15, 0.2) is 0 Å². The summed E-state index contributed by atoms with van der Waals surface area (Å²) >= 11 is 0. The Labute approximate surface area is 154 Å². The molecule has 0 atom stereocenters. The van der Waals surface area contributed by atoms with E-state index >= 15 is 0 Å². The first-order chi connectivity index (χ1) is 12.4. The first kappa shape index (κ1) is 19.1. The van der Waals surface area contributed by atoms with Crippen LogP contribution in [-0.4, -0.2) is 65.6 Å². The second kappa shape index (κ2) is 7.92. The molecule has 8 nitrogen and oxygen atoms in total. The number of imide groups is 1. The number of nitrogens with zero attached hydrogens (tertiary/aromatic N) is 2. The average molecular weight is 366 g/mol. The van der Waals surface area contributed by atoms with Gasteiger partial charge in [-0.15, -0.1) is 0 Å². The lowest BCUT2D eigenvalue weighted by molar-refractivity contribution is -0.140. The van der Waals surface area contributed by atoms with Crippen LogP contribution < -0.4 is 10.7 Å². The fourth-order valence-corrected chi connectivity index (χ4v) is 4.15. The van der Waals surface area contributed by atoms with Crippen LogP contribution >= 0.6 is 0 Å². The second-order valence-electron chi connectivity index (χ2n) is 7.80. The van der Waals surface area contributed by atoms with Crippen LogP contribution in [0.5, 0.6) is 0 Å². The highest BCUT2D eigenvalue weighted by atomic mass is 16.5. The van der Waals surface area contributed by atoms with E-state index in [1.807, 2.05) is 11.8 Å². The number of hydrogen-bond donors (Lipinski definition) is 2. The number of piperidine rings is 1. The summed E-state index contributed by atoms with van der Waals surface area (Å²) in [6.45, 7) is 6.58. The molecule has 1 aliphatic carbocycles. The second-order valence-corrected chi connectivity index (χ2v) is 7.80. The summed E-state index contributed by atoms with van der Waals surface area (Å²) in [6.07, 6.45) is 5.13. The summed E-state index contributed by atoms with van der Waals surface area (Å²) in [7, 11) is 0. The van der Waals surface area contributed by atoms with E-state index < -0.39 is 11.6 Å². The Morgan fingerprint density at radius 2 is 1.88 bits per heavy atom. The SMILES string of the molecule is CCOC1CCN(CC(=O)NN2C(=O)NC3(CCC(C)CC3)C2=O)CC1. The van der Waals surface area contributed by atoms with Crippen molar-refractivity contribution in [1.29, 1.82) is 0 Å². The topological polar surface area (TPSA) is 91.0 Å². The zero-order chi connectivity index (χ0) is 18.7. The van der Waals surface area contributed by atoms with E-state index in [4.69, 9.17) is 4.74 Å². The molecule has 3 fully saturated rings. The van der Waals surface area contributed by atoms with Crippen LogP contribution in [0.3, 0.4) is 0 Å². The largest absolute Gasteiger partial charge is 0.378 e. The highest BCUT2D eigenvalue weighted by Crippen LogP contribution is 2.35. The molecule has 0 aromatic heterocycles. The van der Waals surface area contributed by atoms with E-state index in [-0.39, 0.29) is 24.5 Å². The normalized spacial score (nSPS) is 30.7. The molecule has 8 heteroatoms. The molecule has 2 heterocycles. The Bertz CT molecular complexity index is 551. The number of urea groups is 1. The van der Waals surface area contributed by atoms with Gasteiger partial charge in [-0.3, -0.25) is 19.9 Å². The molecular weight excluding hydrogens is 336 g/mol. The number of rotatable bonds is 5. The van der Waals surface area contributed by atoms with Gasteiger partial charge in [-0.2, -0.15) is 5.01 Å². The predicted octanol–water partition coefficient (Wildman–Crippen LogP) is 1.02. The zero-order valence-electron chi connectivity index (χ0n) is 15.8. The molecular formula is C18H30N4O4. The van der Waals surface area contributed by atoms with Gasteiger partial charge in [0.2, 0.25) is 0 Å². The zero-order valence-corrected chi connectivity index (χ0v) is 15.8. The lowest BCUT2D eigenvalue weighted by Gasteiger charge is -2.33. The van der Waals surface area contributed by atoms with E-state index in [0.29, 0.717) is 25.4 Å². The molecule has 146 valence electrons. The molecule has 2 saturated heterocycles. The minimum Gasteiger partial charge on any atom is -0.378 e. The van der Waals surface area contributed by atoms with E-state index in [1.54, 1.807) is 0 Å². The van der Waals surface area contributed by atoms with Gasteiger partial charge in [-0.1, -0.05) is 6.92 Å². The summed E-state index contributed by atoms with van der Waals surface area (Å²) < 4.78 is 5.61. The smallest absolute Gasteiger partial charge is 0.344 e. The minimum atomic E-state index is -0.827. The molecule has 0 aromatic rings. The summed E-state index contributed by atoms with van der Waals surface area (Å²) in [5.41, 5.74) is 1.68. The molecule has 4 amide bonds. The molecule has 2 N–H and O–H groups in total. The first-order valence-corrected chi connectivity index (χ1v) is 9.73. The van der Waals surface area contributed by atoms with Gasteiger partial charge in [-0.25, -0.2) is 4.79 Å². The lowest BCUT2D eigenvalue weighted by atomic mass is 9.77. The molecule has 0 radical (unpaired) electrons. The molecule has 1 saturated carbocycles. The van der Waals surface area contributed by atoms with Crippen LogP contribution in [0.1, 0.15) is 52.4 Å². The number of carbonyl (C=O) groups is 3. The van der Waals surface area contributed by atoms with Crippen LogP contribution in [0.15, 0.2) is 0 Å². The van der Waals surface area contributed by atoms with Crippen molar-refractivity contribution in [1.82, 2.24) is 20.7 Å². The van der Waals surface area contributed by atoms with Gasteiger partial charge in [0.1, 0.15) is 5.54 Å². The molecule has 3 rings (SSSR count). The number of hydrazine groups is 1. The van der Waals surface area contributed by atoms with Gasteiger partial charge in [0, 0.05) is 19.7 Å². The number of ether oxygens (including phenoxy) is 1. The van der Waals surface area contributed by atoms with Crippen molar-refractivity contribution < 1.29 is 19.1 Å². The molecule has 0 bridgehead atoms. The molecule has 3 aliphatic rings. The van der Waals surface area contributed by atoms with Gasteiger partial charge < -0.3 is 10.1 Å². The minimum absolute atomic E-state index is 0.180. The average Bonchev–Trinajstić information content (AvgIpc) is 2.84. The van der Waals surface area contributed by atoms with E-state index in [0.717, 1.165) is 43.8 Å². The Balaban J connectivity index is 1.50. The van der Waals surface area contributed by atoms with E-state index in [1.165, 1.54) is 0 Å². The van der Waals surface area contributed by atoms with Crippen molar-refractivity contribution >= 4 is 17.8 Å². The highest BCUT2D eigenvalue weighted by Gasteiger charge is 2.52. The van der Waals surface area contributed by atoms with Gasteiger partial charge in [-0.05, 0) is 51.4 Å². The number of likely N-dealkylation sites (tertiary alicyclic amines) is 1. The summed E-state index contributed by atoms with van der Waals surface area (Å²) in [5.74, 6) is -0.0871. The van der Waals surface area contributed by atoms with E-state index in [2.05, 4.69) is 17.7 Å². The maximum Gasteiger partial charge on any atom is 0.344 e. The van der Waals surface area contributed by atoms with Crippen molar-refractivity contribution in [3.63, 3.8) is 0 Å². The van der Waals surface area contributed by atoms with Crippen LogP contribution in [-0.2, 0) is 14.3 Å². The van der Waals surface area contributed by atoms with Crippen molar-refractivity contribution in [3.8, 4) is 0 Å².